The molecule has 0 aromatic carbocycles. The first-order valence-electron chi connectivity index (χ1n) is 8.06. The molecule has 4 unspecified atom stereocenters. The van der Waals surface area contributed by atoms with Crippen LogP contribution in [0.15, 0.2) is 16.5 Å². The Kier molecular flexibility index (Phi) is 5.28. The summed E-state index contributed by atoms with van der Waals surface area (Å²) >= 11 is 0. The average molecular weight is 278 g/mol. The van der Waals surface area contributed by atoms with Crippen molar-refractivity contribution in [3.8, 4) is 0 Å². The van der Waals surface area contributed by atoms with Gasteiger partial charge in [-0.2, -0.15) is 0 Å². The first-order valence-corrected chi connectivity index (χ1v) is 8.06. The Morgan fingerprint density at radius 2 is 2.15 bits per heavy atom. The van der Waals surface area contributed by atoms with Crippen molar-refractivity contribution in [2.75, 3.05) is 7.05 Å². The fraction of sp³-hybridized carbons (Fsp3) is 0.765. The standard InChI is InChI=1S/C17H30N2O/c1-5-15(18)17(16-10-9-13(3)20-16)19(4)14-8-6-7-12(2)11-14/h9-10,12,14-15,17H,5-8,11,18H2,1-4H3. The van der Waals surface area contributed by atoms with Crippen LogP contribution in [0.25, 0.3) is 0 Å². The van der Waals surface area contributed by atoms with E-state index in [-0.39, 0.29) is 12.1 Å². The van der Waals surface area contributed by atoms with Gasteiger partial charge in [0.15, 0.2) is 0 Å². The Hall–Kier alpha value is -0.800. The van der Waals surface area contributed by atoms with Crippen molar-refractivity contribution in [1.29, 1.82) is 0 Å². The lowest BCUT2D eigenvalue weighted by molar-refractivity contribution is 0.0891. The van der Waals surface area contributed by atoms with Gasteiger partial charge in [0.2, 0.25) is 0 Å². The molecule has 1 aliphatic carbocycles. The van der Waals surface area contributed by atoms with Gasteiger partial charge in [-0.15, -0.1) is 0 Å². The zero-order valence-corrected chi connectivity index (χ0v) is 13.4. The fourth-order valence-corrected chi connectivity index (χ4v) is 3.55. The van der Waals surface area contributed by atoms with Gasteiger partial charge in [0.1, 0.15) is 11.5 Å². The molecule has 1 aromatic rings. The van der Waals surface area contributed by atoms with Crippen LogP contribution in [0.3, 0.4) is 0 Å². The third-order valence-electron chi connectivity index (χ3n) is 4.85. The normalized spacial score (nSPS) is 26.7. The van der Waals surface area contributed by atoms with Crippen LogP contribution in [-0.4, -0.2) is 24.0 Å². The Balaban J connectivity index is 2.17. The van der Waals surface area contributed by atoms with E-state index in [1.807, 2.05) is 13.0 Å². The van der Waals surface area contributed by atoms with Crippen LogP contribution in [0.4, 0.5) is 0 Å². The van der Waals surface area contributed by atoms with Crippen molar-refractivity contribution in [3.63, 3.8) is 0 Å². The fourth-order valence-electron chi connectivity index (χ4n) is 3.55. The minimum atomic E-state index is 0.128. The van der Waals surface area contributed by atoms with Gasteiger partial charge in [-0.3, -0.25) is 4.90 Å². The molecule has 20 heavy (non-hydrogen) atoms. The van der Waals surface area contributed by atoms with Crippen LogP contribution in [-0.2, 0) is 0 Å². The zero-order chi connectivity index (χ0) is 14.7. The van der Waals surface area contributed by atoms with Crippen LogP contribution < -0.4 is 5.73 Å². The van der Waals surface area contributed by atoms with E-state index in [4.69, 9.17) is 10.2 Å². The van der Waals surface area contributed by atoms with Gasteiger partial charge in [0.05, 0.1) is 6.04 Å². The molecule has 2 N–H and O–H groups in total. The lowest BCUT2D eigenvalue weighted by Crippen LogP contribution is -2.45. The van der Waals surface area contributed by atoms with Crippen molar-refractivity contribution < 1.29 is 4.42 Å². The molecular formula is C17H30N2O. The summed E-state index contributed by atoms with van der Waals surface area (Å²) in [4.78, 5) is 2.47. The third kappa shape index (κ3) is 3.44. The molecule has 0 spiro atoms. The van der Waals surface area contributed by atoms with Gasteiger partial charge in [-0.05, 0) is 51.3 Å². The second kappa shape index (κ2) is 6.77. The summed E-state index contributed by atoms with van der Waals surface area (Å²) in [5.74, 6) is 2.82. The predicted octanol–water partition coefficient (Wildman–Crippen LogP) is 3.88. The molecule has 3 heteroatoms. The Bertz CT molecular complexity index is 415. The van der Waals surface area contributed by atoms with E-state index in [0.29, 0.717) is 6.04 Å². The molecule has 2 rings (SSSR count). The van der Waals surface area contributed by atoms with Gasteiger partial charge >= 0.3 is 0 Å². The van der Waals surface area contributed by atoms with Gasteiger partial charge < -0.3 is 10.2 Å². The maximum atomic E-state index is 6.40. The van der Waals surface area contributed by atoms with Crippen LogP contribution in [0.2, 0.25) is 0 Å². The largest absolute Gasteiger partial charge is 0.465 e. The molecule has 3 nitrogen and oxygen atoms in total. The summed E-state index contributed by atoms with van der Waals surface area (Å²) < 4.78 is 5.89. The highest BCUT2D eigenvalue weighted by Crippen LogP contribution is 2.34. The van der Waals surface area contributed by atoms with Crippen molar-refractivity contribution in [2.24, 2.45) is 11.7 Å². The number of hydrogen-bond acceptors (Lipinski definition) is 3. The molecule has 1 aromatic heterocycles. The zero-order valence-electron chi connectivity index (χ0n) is 13.4. The van der Waals surface area contributed by atoms with Crippen LogP contribution >= 0.6 is 0 Å². The maximum absolute atomic E-state index is 6.40. The first-order chi connectivity index (χ1) is 9.52. The minimum absolute atomic E-state index is 0.128. The quantitative estimate of drug-likeness (QED) is 0.889. The molecule has 4 atom stereocenters. The molecule has 1 aliphatic rings. The van der Waals surface area contributed by atoms with E-state index in [1.54, 1.807) is 0 Å². The molecule has 1 heterocycles. The van der Waals surface area contributed by atoms with E-state index in [9.17, 15) is 0 Å². The maximum Gasteiger partial charge on any atom is 0.122 e. The van der Waals surface area contributed by atoms with Crippen molar-refractivity contribution in [3.05, 3.63) is 23.7 Å². The van der Waals surface area contributed by atoms with E-state index in [1.165, 1.54) is 25.7 Å². The lowest BCUT2D eigenvalue weighted by atomic mass is 9.85. The van der Waals surface area contributed by atoms with Crippen LogP contribution in [0, 0.1) is 12.8 Å². The second-order valence-electron chi connectivity index (χ2n) is 6.56. The van der Waals surface area contributed by atoms with Crippen molar-refractivity contribution in [1.82, 2.24) is 4.90 Å². The van der Waals surface area contributed by atoms with Crippen molar-refractivity contribution >= 4 is 0 Å². The van der Waals surface area contributed by atoms with Crippen LogP contribution in [0.1, 0.15) is 63.5 Å². The average Bonchev–Trinajstić information content (AvgIpc) is 2.85. The monoisotopic (exact) mass is 278 g/mol. The van der Waals surface area contributed by atoms with Gasteiger partial charge in [0.25, 0.3) is 0 Å². The summed E-state index contributed by atoms with van der Waals surface area (Å²) in [5, 5.41) is 0. The molecule has 1 saturated carbocycles. The molecular weight excluding hydrogens is 248 g/mol. The van der Waals surface area contributed by atoms with E-state index in [0.717, 1.165) is 23.9 Å². The number of rotatable bonds is 5. The van der Waals surface area contributed by atoms with Gasteiger partial charge in [0, 0.05) is 12.1 Å². The summed E-state index contributed by atoms with van der Waals surface area (Å²) in [5.41, 5.74) is 6.40. The number of likely N-dealkylation sites (N-methyl/N-ethyl adjacent to an activating group) is 1. The highest BCUT2D eigenvalue weighted by atomic mass is 16.3. The number of hydrogen-bond donors (Lipinski definition) is 1. The van der Waals surface area contributed by atoms with Gasteiger partial charge in [-0.25, -0.2) is 0 Å². The minimum Gasteiger partial charge on any atom is -0.465 e. The van der Waals surface area contributed by atoms with E-state index < -0.39 is 0 Å². The summed E-state index contributed by atoms with van der Waals surface area (Å²) in [7, 11) is 2.22. The topological polar surface area (TPSA) is 42.4 Å². The Labute approximate surface area is 123 Å². The summed E-state index contributed by atoms with van der Waals surface area (Å²) in [6.45, 7) is 6.53. The van der Waals surface area contributed by atoms with Crippen LogP contribution in [0.5, 0.6) is 0 Å². The summed E-state index contributed by atoms with van der Waals surface area (Å²) in [6, 6.07) is 5.10. The lowest BCUT2D eigenvalue weighted by Gasteiger charge is -2.40. The molecule has 1 fully saturated rings. The molecule has 114 valence electrons. The number of furan rings is 1. The molecule has 0 saturated heterocycles. The Morgan fingerprint density at radius 3 is 2.70 bits per heavy atom. The van der Waals surface area contributed by atoms with Crippen molar-refractivity contribution in [2.45, 2.75) is 71.0 Å². The number of aryl methyl sites for hydroxylation is 1. The SMILES string of the molecule is CCC(N)C(c1ccc(C)o1)N(C)C1CCCC(C)C1. The molecule has 0 radical (unpaired) electrons. The first kappa shape index (κ1) is 15.6. The highest BCUT2D eigenvalue weighted by Gasteiger charge is 2.32. The number of nitrogens with zero attached hydrogens (tertiary/aromatic N) is 1. The predicted molar refractivity (Wildman–Crippen MR) is 83.6 cm³/mol. The number of nitrogens with two attached hydrogens (primary N) is 1. The highest BCUT2D eigenvalue weighted by molar-refractivity contribution is 5.12. The second-order valence-corrected chi connectivity index (χ2v) is 6.56. The van der Waals surface area contributed by atoms with Gasteiger partial charge in [-0.1, -0.05) is 26.7 Å². The molecule has 0 aliphatic heterocycles. The third-order valence-corrected chi connectivity index (χ3v) is 4.85. The Morgan fingerprint density at radius 1 is 1.40 bits per heavy atom. The summed E-state index contributed by atoms with van der Waals surface area (Å²) in [6.07, 6.45) is 6.24. The molecule has 0 bridgehead atoms. The van der Waals surface area contributed by atoms with E-state index in [2.05, 4.69) is 31.9 Å². The smallest absolute Gasteiger partial charge is 0.122 e. The molecule has 0 amide bonds. The van der Waals surface area contributed by atoms with E-state index >= 15 is 0 Å².